The molecule has 1 atom stereocenters. The van der Waals surface area contributed by atoms with Gasteiger partial charge in [-0.3, -0.25) is 30.2 Å². The number of anilines is 1. The van der Waals surface area contributed by atoms with Crippen molar-refractivity contribution < 1.29 is 19.7 Å². The molecule has 204 valence electrons. The molecule has 2 N–H and O–H groups in total. The fourth-order valence-electron chi connectivity index (χ4n) is 4.46. The first kappa shape index (κ1) is 26.7. The fourth-order valence-corrected chi connectivity index (χ4v) is 4.46. The van der Waals surface area contributed by atoms with Gasteiger partial charge in [-0.2, -0.15) is 0 Å². The number of non-ortho nitro benzene ring substituents is 1. The molecule has 2 aromatic carbocycles. The molecule has 0 saturated heterocycles. The molecule has 0 amide bonds. The second-order valence-corrected chi connectivity index (χ2v) is 8.99. The lowest BCUT2D eigenvalue weighted by molar-refractivity contribution is -0.385. The number of aromatic carboxylic acids is 1. The number of nitrogens with one attached hydrogen (secondary N) is 1. The number of carbonyl (C=O) groups is 1. The lowest BCUT2D eigenvalue weighted by atomic mass is 9.92. The Morgan fingerprint density at radius 2 is 1.51 bits per heavy atom. The Labute approximate surface area is 232 Å². The number of aromatic nitrogens is 3. The topological polar surface area (TPSA) is 187 Å². The molecule has 0 radical (unpaired) electrons. The lowest BCUT2D eigenvalue weighted by Crippen LogP contribution is -2.25. The number of nitro benzene ring substituents is 1. The Bertz CT molecular complexity index is 1680. The van der Waals surface area contributed by atoms with Crippen molar-refractivity contribution in [2.75, 3.05) is 11.9 Å². The van der Waals surface area contributed by atoms with Crippen molar-refractivity contribution in [3.05, 3.63) is 117 Å². The highest BCUT2D eigenvalue weighted by atomic mass is 16.6. The summed E-state index contributed by atoms with van der Waals surface area (Å²) in [5, 5.41) is 35.5. The normalized spacial score (nSPS) is 15.5. The lowest BCUT2D eigenvalue weighted by Gasteiger charge is -2.24. The molecule has 0 saturated carbocycles. The van der Waals surface area contributed by atoms with Crippen molar-refractivity contribution >= 4 is 29.5 Å². The van der Waals surface area contributed by atoms with E-state index >= 15 is 0 Å². The zero-order valence-corrected chi connectivity index (χ0v) is 21.2. The van der Waals surface area contributed by atoms with Crippen molar-refractivity contribution in [1.82, 2.24) is 15.0 Å². The summed E-state index contributed by atoms with van der Waals surface area (Å²) in [5.41, 5.74) is 0.414. The van der Waals surface area contributed by atoms with Crippen LogP contribution in [0.4, 0.5) is 17.3 Å². The zero-order valence-electron chi connectivity index (χ0n) is 21.2. The maximum Gasteiger partial charge on any atom is 0.340 e. The Hall–Kier alpha value is -5.85. The molecule has 2 aromatic heterocycles. The van der Waals surface area contributed by atoms with Gasteiger partial charge in [0.15, 0.2) is 0 Å². The second-order valence-electron chi connectivity index (χ2n) is 8.99. The van der Waals surface area contributed by atoms with Gasteiger partial charge in [-0.1, -0.05) is 30.3 Å². The van der Waals surface area contributed by atoms with E-state index in [2.05, 4.69) is 25.3 Å². The highest BCUT2D eigenvalue weighted by Crippen LogP contribution is 2.35. The molecule has 1 aliphatic rings. The summed E-state index contributed by atoms with van der Waals surface area (Å²) < 4.78 is 0. The number of rotatable bonds is 10. The van der Waals surface area contributed by atoms with E-state index in [1.807, 2.05) is 6.08 Å². The molecule has 41 heavy (non-hydrogen) atoms. The molecule has 3 heterocycles. The third-order valence-electron chi connectivity index (χ3n) is 6.48. The summed E-state index contributed by atoms with van der Waals surface area (Å²) in [5.74, 6) is -1.11. The number of nitro groups is 2. The van der Waals surface area contributed by atoms with Crippen molar-refractivity contribution in [3.63, 3.8) is 0 Å². The van der Waals surface area contributed by atoms with Crippen LogP contribution in [0.5, 0.6) is 0 Å². The number of benzene rings is 2. The van der Waals surface area contributed by atoms with Gasteiger partial charge in [0.25, 0.3) is 11.4 Å². The van der Waals surface area contributed by atoms with Crippen LogP contribution in [0, 0.1) is 20.2 Å². The number of nitrogens with zero attached hydrogens (tertiary/aromatic N) is 6. The summed E-state index contributed by atoms with van der Waals surface area (Å²) in [6, 6.07) is 17.1. The number of carboxylic acids is 1. The Morgan fingerprint density at radius 1 is 0.878 bits per heavy atom. The van der Waals surface area contributed by atoms with E-state index in [4.69, 9.17) is 0 Å². The number of allylic oxidation sites excluding steroid dienone is 1. The minimum absolute atomic E-state index is 0.0919. The average Bonchev–Trinajstić information content (AvgIpc) is 3.47. The Morgan fingerprint density at radius 3 is 2.05 bits per heavy atom. The minimum Gasteiger partial charge on any atom is -0.478 e. The Kier molecular flexibility index (Phi) is 7.24. The van der Waals surface area contributed by atoms with Gasteiger partial charge in [0, 0.05) is 42.1 Å². The number of hydrogen-bond acceptors (Lipinski definition) is 10. The van der Waals surface area contributed by atoms with Crippen LogP contribution in [0.25, 0.3) is 22.5 Å². The summed E-state index contributed by atoms with van der Waals surface area (Å²) >= 11 is 0. The fraction of sp³-hybridized carbons (Fsp3) is 0.107. The number of aliphatic imine (C=N–C) groups is 1. The van der Waals surface area contributed by atoms with E-state index in [-0.39, 0.29) is 40.8 Å². The first-order valence-corrected chi connectivity index (χ1v) is 12.3. The largest absolute Gasteiger partial charge is 0.478 e. The Balaban J connectivity index is 1.50. The van der Waals surface area contributed by atoms with E-state index in [9.17, 15) is 30.1 Å². The van der Waals surface area contributed by atoms with Crippen LogP contribution in [0.2, 0.25) is 0 Å². The SMILES string of the molecule is O=C(O)c1c(-c2ccccc2)nc(NCCC2(c3ccc([N+](=O)[O-])cn3)C=CC=N2)nc1-c1ccc([N+](=O)[O-])cc1. The van der Waals surface area contributed by atoms with Crippen LogP contribution in [0.15, 0.2) is 90.1 Å². The number of carboxylic acid groups (broad SMARTS) is 1. The standard InChI is InChI=1S/C28H21N7O6/c36-26(37)23-24(18-5-2-1-3-6-18)32-27(33-25(23)19-7-9-20(10-8-19)34(38)39)29-16-14-28(13-4-15-31-28)22-12-11-21(17-30-22)35(40)41/h1-13,15,17H,14,16H2,(H,36,37)(H,29,32,33). The summed E-state index contributed by atoms with van der Waals surface area (Å²) in [7, 11) is 0. The van der Waals surface area contributed by atoms with Crippen molar-refractivity contribution in [2.45, 2.75) is 12.0 Å². The van der Waals surface area contributed by atoms with E-state index in [0.717, 1.165) is 0 Å². The summed E-state index contributed by atoms with van der Waals surface area (Å²) in [4.78, 5) is 51.4. The molecular formula is C28H21N7O6. The van der Waals surface area contributed by atoms with Crippen LogP contribution < -0.4 is 5.32 Å². The van der Waals surface area contributed by atoms with Crippen LogP contribution >= 0.6 is 0 Å². The maximum absolute atomic E-state index is 12.4. The van der Waals surface area contributed by atoms with Gasteiger partial charge in [-0.15, -0.1) is 0 Å². The van der Waals surface area contributed by atoms with E-state index in [1.165, 1.54) is 36.5 Å². The number of hydrogen-bond donors (Lipinski definition) is 2. The number of pyridine rings is 1. The molecule has 1 aliphatic heterocycles. The second kappa shape index (κ2) is 11.1. The third-order valence-corrected chi connectivity index (χ3v) is 6.48. The smallest absolute Gasteiger partial charge is 0.340 e. The van der Waals surface area contributed by atoms with Crippen molar-refractivity contribution in [3.8, 4) is 22.5 Å². The van der Waals surface area contributed by atoms with Gasteiger partial charge in [-0.25, -0.2) is 14.8 Å². The van der Waals surface area contributed by atoms with Gasteiger partial charge < -0.3 is 10.4 Å². The molecule has 1 unspecified atom stereocenters. The predicted octanol–water partition coefficient (Wildman–Crippen LogP) is 5.06. The van der Waals surface area contributed by atoms with Gasteiger partial charge in [0.05, 0.1) is 26.9 Å². The molecule has 13 heteroatoms. The highest BCUT2D eigenvalue weighted by molar-refractivity contribution is 6.01. The molecule has 4 aromatic rings. The molecule has 0 aliphatic carbocycles. The first-order valence-electron chi connectivity index (χ1n) is 12.3. The minimum atomic E-state index is -1.25. The van der Waals surface area contributed by atoms with Gasteiger partial charge >= 0.3 is 5.97 Å². The van der Waals surface area contributed by atoms with Crippen LogP contribution in [-0.4, -0.2) is 48.6 Å². The average molecular weight is 552 g/mol. The van der Waals surface area contributed by atoms with Gasteiger partial charge in [0.1, 0.15) is 17.3 Å². The first-order chi connectivity index (χ1) is 19.8. The molecule has 0 fully saturated rings. The highest BCUT2D eigenvalue weighted by Gasteiger charge is 2.32. The zero-order chi connectivity index (χ0) is 29.0. The third kappa shape index (κ3) is 5.49. The van der Waals surface area contributed by atoms with Gasteiger partial charge in [0.2, 0.25) is 5.95 Å². The molecular weight excluding hydrogens is 530 g/mol. The maximum atomic E-state index is 12.4. The molecule has 5 rings (SSSR count). The van der Waals surface area contributed by atoms with Crippen LogP contribution in [0.1, 0.15) is 22.5 Å². The summed E-state index contributed by atoms with van der Waals surface area (Å²) in [6.45, 7) is 0.278. The van der Waals surface area contributed by atoms with Crippen molar-refractivity contribution in [1.29, 1.82) is 0 Å². The molecule has 0 spiro atoms. The van der Waals surface area contributed by atoms with Crippen LogP contribution in [-0.2, 0) is 5.54 Å². The monoisotopic (exact) mass is 551 g/mol. The quantitative estimate of drug-likeness (QED) is 0.199. The van der Waals surface area contributed by atoms with Crippen molar-refractivity contribution in [2.24, 2.45) is 4.99 Å². The van der Waals surface area contributed by atoms with E-state index < -0.39 is 21.4 Å². The van der Waals surface area contributed by atoms with E-state index in [1.54, 1.807) is 48.7 Å². The van der Waals surface area contributed by atoms with Crippen LogP contribution in [0.3, 0.4) is 0 Å². The molecule has 0 bridgehead atoms. The molecule has 13 nitrogen and oxygen atoms in total. The van der Waals surface area contributed by atoms with Gasteiger partial charge in [-0.05, 0) is 36.8 Å². The summed E-state index contributed by atoms with van der Waals surface area (Å²) in [6.07, 6.45) is 6.79. The predicted molar refractivity (Wildman–Crippen MR) is 150 cm³/mol. The van der Waals surface area contributed by atoms with E-state index in [0.29, 0.717) is 23.2 Å².